The van der Waals surface area contributed by atoms with E-state index >= 15 is 0 Å². The Bertz CT molecular complexity index is 1080. The highest BCUT2D eigenvalue weighted by atomic mass is 32.2. The minimum atomic E-state index is -0.636. The summed E-state index contributed by atoms with van der Waals surface area (Å²) in [6, 6.07) is 11.2. The maximum absolute atomic E-state index is 13.3. The summed E-state index contributed by atoms with van der Waals surface area (Å²) in [4.78, 5) is 44.4. The molecule has 0 radical (unpaired) electrons. The van der Waals surface area contributed by atoms with Crippen LogP contribution in [-0.4, -0.2) is 75.9 Å². The lowest BCUT2D eigenvalue weighted by molar-refractivity contribution is -0.162. The Morgan fingerprint density at radius 2 is 1.84 bits per heavy atom. The Balaban J connectivity index is 1.26. The molecule has 3 saturated heterocycles. The fourth-order valence-corrected chi connectivity index (χ4v) is 5.83. The zero-order chi connectivity index (χ0) is 22.2. The average molecular weight is 451 g/mol. The number of rotatable bonds is 4. The van der Waals surface area contributed by atoms with Gasteiger partial charge in [0.1, 0.15) is 17.8 Å². The molecule has 0 saturated carbocycles. The highest BCUT2D eigenvalue weighted by Gasteiger charge is 2.52. The Labute approximate surface area is 189 Å². The predicted molar refractivity (Wildman–Crippen MR) is 116 cm³/mol. The van der Waals surface area contributed by atoms with Crippen molar-refractivity contribution in [1.82, 2.24) is 14.7 Å². The van der Waals surface area contributed by atoms with Crippen LogP contribution in [0.5, 0.6) is 0 Å². The number of fused-ring (bicyclic) bond motifs is 2. The summed E-state index contributed by atoms with van der Waals surface area (Å²) >= 11 is 1.70. The molecule has 3 aliphatic heterocycles. The first-order valence-corrected chi connectivity index (χ1v) is 11.6. The highest BCUT2D eigenvalue weighted by Crippen LogP contribution is 2.35. The van der Waals surface area contributed by atoms with Crippen molar-refractivity contribution in [1.29, 1.82) is 5.26 Å². The van der Waals surface area contributed by atoms with Gasteiger partial charge >= 0.3 is 0 Å². The van der Waals surface area contributed by atoms with Gasteiger partial charge in [-0.25, -0.2) is 0 Å². The molecule has 3 unspecified atom stereocenters. The second-order valence-electron chi connectivity index (χ2n) is 8.24. The van der Waals surface area contributed by atoms with Gasteiger partial charge in [-0.2, -0.15) is 5.26 Å². The number of piperazine rings is 2. The Morgan fingerprint density at radius 3 is 2.56 bits per heavy atom. The van der Waals surface area contributed by atoms with E-state index in [9.17, 15) is 14.4 Å². The molecule has 1 aromatic heterocycles. The van der Waals surface area contributed by atoms with E-state index in [0.717, 1.165) is 5.76 Å². The molecule has 2 aromatic rings. The molecule has 9 heteroatoms. The number of hydrogen-bond acceptors (Lipinski definition) is 6. The van der Waals surface area contributed by atoms with Gasteiger partial charge in [-0.15, -0.1) is 11.8 Å². The molecule has 32 heavy (non-hydrogen) atoms. The first-order valence-electron chi connectivity index (χ1n) is 10.6. The summed E-state index contributed by atoms with van der Waals surface area (Å²) in [5.41, 5.74) is 0.958. The Hall–Kier alpha value is -3.25. The van der Waals surface area contributed by atoms with Crippen LogP contribution in [0.4, 0.5) is 0 Å². The lowest BCUT2D eigenvalue weighted by atomic mass is 10.0. The maximum atomic E-state index is 13.3. The van der Waals surface area contributed by atoms with Crippen LogP contribution in [0.25, 0.3) is 0 Å². The van der Waals surface area contributed by atoms with Gasteiger partial charge in [0.25, 0.3) is 5.91 Å². The third kappa shape index (κ3) is 3.65. The van der Waals surface area contributed by atoms with E-state index in [1.165, 1.54) is 0 Å². The SMILES string of the molecule is N#Cc1ccc(C(=O)N2CCN3C(=O)C4CC(SCc5ccco5)CN4C(=O)C3C2)cc1. The van der Waals surface area contributed by atoms with Crippen LogP contribution in [0.3, 0.4) is 0 Å². The second-order valence-corrected chi connectivity index (χ2v) is 9.53. The molecule has 3 amide bonds. The summed E-state index contributed by atoms with van der Waals surface area (Å²) in [7, 11) is 0. The number of thioether (sulfide) groups is 1. The molecule has 3 aliphatic rings. The van der Waals surface area contributed by atoms with E-state index in [4.69, 9.17) is 9.68 Å². The zero-order valence-corrected chi connectivity index (χ0v) is 18.2. The van der Waals surface area contributed by atoms with Crippen molar-refractivity contribution in [2.75, 3.05) is 26.2 Å². The van der Waals surface area contributed by atoms with Gasteiger partial charge in [0, 0.05) is 30.4 Å². The lowest BCUT2D eigenvalue weighted by Gasteiger charge is -2.47. The van der Waals surface area contributed by atoms with E-state index in [2.05, 4.69) is 0 Å². The van der Waals surface area contributed by atoms with Gasteiger partial charge in [-0.1, -0.05) is 0 Å². The van der Waals surface area contributed by atoms with Gasteiger partial charge in [0.05, 0.1) is 30.2 Å². The number of carbonyl (C=O) groups excluding carboxylic acids is 3. The largest absolute Gasteiger partial charge is 0.468 e. The van der Waals surface area contributed by atoms with Crippen molar-refractivity contribution >= 4 is 29.5 Å². The van der Waals surface area contributed by atoms with E-state index in [-0.39, 0.29) is 29.5 Å². The predicted octanol–water partition coefficient (Wildman–Crippen LogP) is 1.72. The van der Waals surface area contributed by atoms with Crippen LogP contribution in [0.1, 0.15) is 28.1 Å². The molecule has 4 heterocycles. The van der Waals surface area contributed by atoms with Gasteiger partial charge in [-0.3, -0.25) is 14.4 Å². The van der Waals surface area contributed by atoms with Gasteiger partial charge in [0.15, 0.2) is 0 Å². The van der Waals surface area contributed by atoms with Crippen molar-refractivity contribution in [2.45, 2.75) is 29.5 Å². The third-order valence-corrected chi connectivity index (χ3v) is 7.63. The van der Waals surface area contributed by atoms with Crippen LogP contribution in [0, 0.1) is 11.3 Å². The molecular weight excluding hydrogens is 428 g/mol. The maximum Gasteiger partial charge on any atom is 0.253 e. The molecule has 0 spiro atoms. The smallest absolute Gasteiger partial charge is 0.253 e. The van der Waals surface area contributed by atoms with Crippen LogP contribution in [0.2, 0.25) is 0 Å². The number of nitriles is 1. The fourth-order valence-electron chi connectivity index (χ4n) is 4.69. The minimum Gasteiger partial charge on any atom is -0.468 e. The molecule has 0 aliphatic carbocycles. The zero-order valence-electron chi connectivity index (χ0n) is 17.3. The summed E-state index contributed by atoms with van der Waals surface area (Å²) < 4.78 is 5.39. The average Bonchev–Trinajstić information content (AvgIpc) is 3.51. The first-order chi connectivity index (χ1) is 15.5. The Morgan fingerprint density at radius 1 is 1.06 bits per heavy atom. The topological polar surface area (TPSA) is 97.9 Å². The number of nitrogens with zero attached hydrogens (tertiary/aromatic N) is 4. The van der Waals surface area contributed by atoms with Crippen LogP contribution < -0.4 is 0 Å². The summed E-state index contributed by atoms with van der Waals surface area (Å²) in [5.74, 6) is 1.31. The quantitative estimate of drug-likeness (QED) is 0.704. The van der Waals surface area contributed by atoms with E-state index in [0.29, 0.717) is 42.9 Å². The van der Waals surface area contributed by atoms with Crippen molar-refractivity contribution < 1.29 is 18.8 Å². The number of benzene rings is 1. The first kappa shape index (κ1) is 20.6. The molecule has 3 fully saturated rings. The summed E-state index contributed by atoms with van der Waals surface area (Å²) in [6.07, 6.45) is 2.29. The molecule has 0 bridgehead atoms. The van der Waals surface area contributed by atoms with Gasteiger partial charge in [0.2, 0.25) is 11.8 Å². The van der Waals surface area contributed by atoms with E-state index in [1.807, 2.05) is 18.2 Å². The van der Waals surface area contributed by atoms with Crippen molar-refractivity contribution in [3.63, 3.8) is 0 Å². The van der Waals surface area contributed by atoms with Crippen molar-refractivity contribution in [3.05, 3.63) is 59.5 Å². The summed E-state index contributed by atoms with van der Waals surface area (Å²) in [5, 5.41) is 9.12. The second kappa shape index (κ2) is 8.36. The van der Waals surface area contributed by atoms with Crippen molar-refractivity contribution in [2.24, 2.45) is 0 Å². The van der Waals surface area contributed by atoms with Gasteiger partial charge in [-0.05, 0) is 42.8 Å². The number of furan rings is 1. The Kier molecular flexibility index (Phi) is 5.39. The van der Waals surface area contributed by atoms with E-state index in [1.54, 1.807) is 57.0 Å². The van der Waals surface area contributed by atoms with Crippen LogP contribution in [-0.2, 0) is 15.3 Å². The molecule has 5 rings (SSSR count). The number of carbonyl (C=O) groups is 3. The van der Waals surface area contributed by atoms with Gasteiger partial charge < -0.3 is 19.1 Å². The number of hydrogen-bond donors (Lipinski definition) is 0. The monoisotopic (exact) mass is 450 g/mol. The normalized spacial score (nSPS) is 24.8. The minimum absolute atomic E-state index is 0.0128. The molecule has 3 atom stereocenters. The highest BCUT2D eigenvalue weighted by molar-refractivity contribution is 7.99. The molecule has 164 valence electrons. The summed E-state index contributed by atoms with van der Waals surface area (Å²) in [6.45, 7) is 1.47. The van der Waals surface area contributed by atoms with E-state index < -0.39 is 12.1 Å². The third-order valence-electron chi connectivity index (χ3n) is 6.37. The standard InChI is InChI=1S/C23H22N4O4S/c24-11-15-3-5-16(6-4-15)21(28)25-7-8-26-20(13-25)23(30)27-12-18(10-19(27)22(26)29)32-14-17-2-1-9-31-17/h1-6,9,18-20H,7-8,10,12-14H2. The van der Waals surface area contributed by atoms with Crippen LogP contribution in [0.15, 0.2) is 47.1 Å². The molecular formula is C23H22N4O4S. The fraction of sp³-hybridized carbons (Fsp3) is 0.391. The molecule has 0 N–H and O–H groups in total. The van der Waals surface area contributed by atoms with Crippen molar-refractivity contribution in [3.8, 4) is 6.07 Å². The van der Waals surface area contributed by atoms with Crippen LogP contribution >= 0.6 is 11.8 Å². The molecule has 8 nitrogen and oxygen atoms in total. The number of amides is 3. The molecule has 1 aromatic carbocycles. The lowest BCUT2D eigenvalue weighted by Crippen LogP contribution is -2.69.